The second-order valence-electron chi connectivity index (χ2n) is 5.29. The van der Waals surface area contributed by atoms with Crippen molar-refractivity contribution in [3.05, 3.63) is 24.2 Å². The van der Waals surface area contributed by atoms with E-state index in [0.29, 0.717) is 6.54 Å². The topological polar surface area (TPSA) is 59.4 Å². The number of furan rings is 1. The summed E-state index contributed by atoms with van der Waals surface area (Å²) in [6.45, 7) is 0.555. The van der Waals surface area contributed by atoms with Crippen molar-refractivity contribution in [3.8, 4) is 0 Å². The SMILES string of the molecule is NCC1(C(O)c2ccoc2)CCCCCCC1. The van der Waals surface area contributed by atoms with Crippen LogP contribution in [0.5, 0.6) is 0 Å². The Morgan fingerprint density at radius 2 is 1.88 bits per heavy atom. The molecule has 0 spiro atoms. The third-order valence-electron chi connectivity index (χ3n) is 4.19. The van der Waals surface area contributed by atoms with Crippen LogP contribution in [0.1, 0.15) is 56.6 Å². The lowest BCUT2D eigenvalue weighted by Gasteiger charge is -2.38. The Morgan fingerprint density at radius 3 is 2.41 bits per heavy atom. The maximum Gasteiger partial charge on any atom is 0.0960 e. The molecule has 3 nitrogen and oxygen atoms in total. The molecule has 0 aromatic carbocycles. The van der Waals surface area contributed by atoms with E-state index in [9.17, 15) is 5.11 Å². The number of rotatable bonds is 3. The third kappa shape index (κ3) is 2.72. The Kier molecular flexibility index (Phi) is 4.24. The van der Waals surface area contributed by atoms with Crippen LogP contribution in [0.4, 0.5) is 0 Å². The summed E-state index contributed by atoms with van der Waals surface area (Å²) in [6.07, 6.45) is 11.0. The largest absolute Gasteiger partial charge is 0.472 e. The summed E-state index contributed by atoms with van der Waals surface area (Å²) in [6, 6.07) is 1.85. The highest BCUT2D eigenvalue weighted by Crippen LogP contribution is 2.43. The molecule has 0 saturated heterocycles. The van der Waals surface area contributed by atoms with Gasteiger partial charge in [-0.05, 0) is 18.9 Å². The predicted molar refractivity (Wildman–Crippen MR) is 67.5 cm³/mol. The van der Waals surface area contributed by atoms with Gasteiger partial charge in [-0.3, -0.25) is 0 Å². The first-order chi connectivity index (χ1) is 8.28. The van der Waals surface area contributed by atoms with E-state index in [4.69, 9.17) is 10.2 Å². The van der Waals surface area contributed by atoms with E-state index in [0.717, 1.165) is 18.4 Å². The number of aliphatic hydroxyl groups excluding tert-OH is 1. The van der Waals surface area contributed by atoms with Gasteiger partial charge in [-0.15, -0.1) is 0 Å². The van der Waals surface area contributed by atoms with E-state index < -0.39 is 6.10 Å². The van der Waals surface area contributed by atoms with Crippen LogP contribution in [-0.2, 0) is 0 Å². The van der Waals surface area contributed by atoms with Crippen molar-refractivity contribution in [3.63, 3.8) is 0 Å². The maximum absolute atomic E-state index is 10.6. The monoisotopic (exact) mass is 237 g/mol. The molecule has 1 heterocycles. The van der Waals surface area contributed by atoms with E-state index in [1.807, 2.05) is 6.07 Å². The normalized spacial score (nSPS) is 22.7. The average Bonchev–Trinajstić information content (AvgIpc) is 2.82. The van der Waals surface area contributed by atoms with Gasteiger partial charge in [0.05, 0.1) is 18.6 Å². The third-order valence-corrected chi connectivity index (χ3v) is 4.19. The van der Waals surface area contributed by atoms with Crippen molar-refractivity contribution in [2.24, 2.45) is 11.1 Å². The van der Waals surface area contributed by atoms with Gasteiger partial charge in [0.1, 0.15) is 0 Å². The molecule has 1 aliphatic carbocycles. The smallest absolute Gasteiger partial charge is 0.0960 e. The lowest BCUT2D eigenvalue weighted by molar-refractivity contribution is 0.00811. The van der Waals surface area contributed by atoms with E-state index in [-0.39, 0.29) is 5.41 Å². The van der Waals surface area contributed by atoms with Crippen LogP contribution in [-0.4, -0.2) is 11.7 Å². The fraction of sp³-hybridized carbons (Fsp3) is 0.714. The Hall–Kier alpha value is -0.800. The summed E-state index contributed by atoms with van der Waals surface area (Å²) in [5, 5.41) is 10.6. The second kappa shape index (κ2) is 5.69. The van der Waals surface area contributed by atoms with Crippen molar-refractivity contribution in [1.82, 2.24) is 0 Å². The van der Waals surface area contributed by atoms with Crippen LogP contribution in [0.3, 0.4) is 0 Å². The summed E-state index contributed by atoms with van der Waals surface area (Å²) in [5.74, 6) is 0. The molecular weight excluding hydrogens is 214 g/mol. The molecule has 3 N–H and O–H groups in total. The van der Waals surface area contributed by atoms with Gasteiger partial charge < -0.3 is 15.3 Å². The van der Waals surface area contributed by atoms with Gasteiger partial charge in [0, 0.05) is 17.5 Å². The minimum Gasteiger partial charge on any atom is -0.472 e. The first-order valence-corrected chi connectivity index (χ1v) is 6.69. The molecule has 17 heavy (non-hydrogen) atoms. The Bertz CT molecular complexity index is 313. The average molecular weight is 237 g/mol. The first kappa shape index (κ1) is 12.7. The molecule has 0 aliphatic heterocycles. The predicted octanol–water partition coefficient (Wildman–Crippen LogP) is 3.00. The highest BCUT2D eigenvalue weighted by atomic mass is 16.3. The van der Waals surface area contributed by atoms with Crippen molar-refractivity contribution in [2.45, 2.75) is 51.0 Å². The highest BCUT2D eigenvalue weighted by Gasteiger charge is 2.37. The molecule has 1 aromatic heterocycles. The van der Waals surface area contributed by atoms with E-state index in [2.05, 4.69) is 0 Å². The van der Waals surface area contributed by atoms with Crippen LogP contribution in [0, 0.1) is 5.41 Å². The summed E-state index contributed by atoms with van der Waals surface area (Å²) < 4.78 is 5.07. The zero-order valence-electron chi connectivity index (χ0n) is 10.4. The maximum atomic E-state index is 10.6. The van der Waals surface area contributed by atoms with Crippen molar-refractivity contribution >= 4 is 0 Å². The van der Waals surface area contributed by atoms with Crippen molar-refractivity contribution in [2.75, 3.05) is 6.54 Å². The van der Waals surface area contributed by atoms with Gasteiger partial charge in [0.15, 0.2) is 0 Å². The first-order valence-electron chi connectivity index (χ1n) is 6.69. The Morgan fingerprint density at radius 1 is 1.24 bits per heavy atom. The number of aliphatic hydroxyl groups is 1. The number of hydrogen-bond acceptors (Lipinski definition) is 3. The Balaban J connectivity index is 2.15. The van der Waals surface area contributed by atoms with E-state index in [1.54, 1.807) is 12.5 Å². The van der Waals surface area contributed by atoms with Crippen molar-refractivity contribution < 1.29 is 9.52 Å². The summed E-state index contributed by atoms with van der Waals surface area (Å²) in [4.78, 5) is 0. The molecule has 0 bridgehead atoms. The summed E-state index contributed by atoms with van der Waals surface area (Å²) in [7, 11) is 0. The Labute approximate surface area is 103 Å². The number of nitrogens with two attached hydrogens (primary N) is 1. The zero-order chi connectivity index (χ0) is 12.1. The molecule has 1 unspecified atom stereocenters. The number of hydrogen-bond donors (Lipinski definition) is 2. The molecule has 96 valence electrons. The fourth-order valence-electron chi connectivity index (χ4n) is 2.98. The molecule has 1 aromatic rings. The van der Waals surface area contributed by atoms with Crippen molar-refractivity contribution in [1.29, 1.82) is 0 Å². The van der Waals surface area contributed by atoms with Gasteiger partial charge in [0.2, 0.25) is 0 Å². The lowest BCUT2D eigenvalue weighted by Crippen LogP contribution is -2.37. The van der Waals surface area contributed by atoms with Crippen LogP contribution < -0.4 is 5.73 Å². The standard InChI is InChI=1S/C14H23NO2/c15-11-14(7-4-2-1-3-5-8-14)13(16)12-6-9-17-10-12/h6,9-10,13,16H,1-5,7-8,11,15H2. The van der Waals surface area contributed by atoms with E-state index in [1.165, 1.54) is 32.1 Å². The molecule has 0 radical (unpaired) electrons. The van der Waals surface area contributed by atoms with Crippen LogP contribution >= 0.6 is 0 Å². The molecule has 3 heteroatoms. The molecule has 1 atom stereocenters. The molecule has 2 rings (SSSR count). The zero-order valence-corrected chi connectivity index (χ0v) is 10.4. The molecule has 1 aliphatic rings. The lowest BCUT2D eigenvalue weighted by atomic mass is 9.70. The molecule has 1 fully saturated rings. The van der Waals surface area contributed by atoms with Gasteiger partial charge in [-0.25, -0.2) is 0 Å². The summed E-state index contributed by atoms with van der Waals surface area (Å²) >= 11 is 0. The van der Waals surface area contributed by atoms with E-state index >= 15 is 0 Å². The minimum atomic E-state index is -0.482. The van der Waals surface area contributed by atoms with Crippen LogP contribution in [0.15, 0.2) is 23.0 Å². The van der Waals surface area contributed by atoms with Crippen LogP contribution in [0.2, 0.25) is 0 Å². The molecule has 0 amide bonds. The quantitative estimate of drug-likeness (QED) is 0.849. The van der Waals surface area contributed by atoms with Crippen LogP contribution in [0.25, 0.3) is 0 Å². The van der Waals surface area contributed by atoms with Gasteiger partial charge >= 0.3 is 0 Å². The minimum absolute atomic E-state index is 0.149. The second-order valence-corrected chi connectivity index (χ2v) is 5.29. The molecular formula is C14H23NO2. The van der Waals surface area contributed by atoms with Gasteiger partial charge in [0.25, 0.3) is 0 Å². The van der Waals surface area contributed by atoms with Gasteiger partial charge in [-0.1, -0.05) is 32.1 Å². The molecule has 1 saturated carbocycles. The summed E-state index contributed by atoms with van der Waals surface area (Å²) in [5.41, 5.74) is 6.70. The fourth-order valence-corrected chi connectivity index (χ4v) is 2.98. The van der Waals surface area contributed by atoms with Gasteiger partial charge in [-0.2, -0.15) is 0 Å². The highest BCUT2D eigenvalue weighted by molar-refractivity contribution is 5.13.